The number of hydrogen-bond acceptors (Lipinski definition) is 4. The van der Waals surface area contributed by atoms with E-state index in [9.17, 15) is 9.90 Å². The molecular weight excluding hydrogens is 194 g/mol. The summed E-state index contributed by atoms with van der Waals surface area (Å²) in [5.74, 6) is -0.928. The Kier molecular flexibility index (Phi) is 3.08. The summed E-state index contributed by atoms with van der Waals surface area (Å²) in [5.41, 5.74) is -0.119. The lowest BCUT2D eigenvalue weighted by molar-refractivity contribution is 0.0516. The zero-order valence-corrected chi connectivity index (χ0v) is 7.71. The minimum absolute atomic E-state index is 0.119. The molecule has 0 spiro atoms. The van der Waals surface area contributed by atoms with Crippen LogP contribution in [-0.4, -0.2) is 22.7 Å². The van der Waals surface area contributed by atoms with Crippen LogP contribution in [-0.2, 0) is 4.74 Å². The van der Waals surface area contributed by atoms with Gasteiger partial charge < -0.3 is 9.84 Å². The average Bonchev–Trinajstić information content (AvgIpc) is 2.04. The first-order chi connectivity index (χ1) is 6.15. The number of carbonyl (C=O) groups is 1. The largest absolute Gasteiger partial charge is 0.505 e. The molecule has 1 heterocycles. The summed E-state index contributed by atoms with van der Waals surface area (Å²) < 4.78 is 4.64. The third-order valence-corrected chi connectivity index (χ3v) is 1.51. The van der Waals surface area contributed by atoms with Gasteiger partial charge in [-0.2, -0.15) is 0 Å². The topological polar surface area (TPSA) is 59.4 Å². The quantitative estimate of drug-likeness (QED) is 0.739. The van der Waals surface area contributed by atoms with E-state index in [1.807, 2.05) is 0 Å². The fourth-order valence-corrected chi connectivity index (χ4v) is 0.937. The van der Waals surface area contributed by atoms with Gasteiger partial charge in [0.25, 0.3) is 0 Å². The molecule has 0 fully saturated rings. The van der Waals surface area contributed by atoms with Crippen molar-refractivity contribution >= 4 is 17.6 Å². The van der Waals surface area contributed by atoms with Crippen LogP contribution in [0.2, 0.25) is 5.02 Å². The van der Waals surface area contributed by atoms with Crippen molar-refractivity contribution < 1.29 is 14.6 Å². The summed E-state index contributed by atoms with van der Waals surface area (Å²) in [5, 5.41) is 9.51. The van der Waals surface area contributed by atoms with Gasteiger partial charge in [0, 0.05) is 12.3 Å². The van der Waals surface area contributed by atoms with Gasteiger partial charge in [0.1, 0.15) is 5.75 Å². The second-order valence-electron chi connectivity index (χ2n) is 2.24. The predicted molar refractivity (Wildman–Crippen MR) is 46.9 cm³/mol. The molecule has 4 nitrogen and oxygen atoms in total. The lowest BCUT2D eigenvalue weighted by Gasteiger charge is -2.02. The average molecular weight is 202 g/mol. The van der Waals surface area contributed by atoms with E-state index in [2.05, 4.69) is 9.72 Å². The highest BCUT2D eigenvalue weighted by Gasteiger charge is 2.13. The highest BCUT2D eigenvalue weighted by Crippen LogP contribution is 2.19. The maximum atomic E-state index is 11.1. The number of aromatic nitrogens is 1. The van der Waals surface area contributed by atoms with Crippen LogP contribution >= 0.6 is 11.6 Å². The molecule has 13 heavy (non-hydrogen) atoms. The van der Waals surface area contributed by atoms with Crippen molar-refractivity contribution in [2.45, 2.75) is 6.92 Å². The van der Waals surface area contributed by atoms with Crippen LogP contribution in [0, 0.1) is 0 Å². The van der Waals surface area contributed by atoms with Crippen LogP contribution in [0.3, 0.4) is 0 Å². The zero-order chi connectivity index (χ0) is 9.84. The summed E-state index contributed by atoms with van der Waals surface area (Å²) in [6.45, 7) is 1.91. The number of nitrogens with zero attached hydrogens (tertiary/aromatic N) is 1. The van der Waals surface area contributed by atoms with E-state index in [0.717, 1.165) is 0 Å². The molecule has 0 bridgehead atoms. The molecule has 0 aliphatic heterocycles. The number of carbonyl (C=O) groups excluding carboxylic acids is 1. The van der Waals surface area contributed by atoms with Gasteiger partial charge >= 0.3 is 5.97 Å². The van der Waals surface area contributed by atoms with E-state index < -0.39 is 5.97 Å². The number of rotatable bonds is 2. The second kappa shape index (κ2) is 4.09. The SMILES string of the molecule is CCOC(=O)c1ncc(Cl)cc1O. The molecular formula is C8H8ClNO3. The molecule has 5 heteroatoms. The fraction of sp³-hybridized carbons (Fsp3) is 0.250. The van der Waals surface area contributed by atoms with Crippen molar-refractivity contribution in [2.24, 2.45) is 0 Å². The third-order valence-electron chi connectivity index (χ3n) is 1.30. The van der Waals surface area contributed by atoms with Crippen molar-refractivity contribution in [1.82, 2.24) is 4.98 Å². The Hall–Kier alpha value is -1.29. The van der Waals surface area contributed by atoms with Crippen LogP contribution < -0.4 is 0 Å². The highest BCUT2D eigenvalue weighted by molar-refractivity contribution is 6.30. The normalized spacial score (nSPS) is 9.69. The van der Waals surface area contributed by atoms with E-state index in [-0.39, 0.29) is 23.1 Å². The van der Waals surface area contributed by atoms with Crippen LogP contribution in [0.15, 0.2) is 12.3 Å². The first kappa shape index (κ1) is 9.80. The van der Waals surface area contributed by atoms with E-state index in [4.69, 9.17) is 11.6 Å². The number of halogens is 1. The minimum atomic E-state index is -0.656. The Morgan fingerprint density at radius 2 is 2.46 bits per heavy atom. The highest BCUT2D eigenvalue weighted by atomic mass is 35.5. The maximum absolute atomic E-state index is 11.1. The molecule has 0 aromatic carbocycles. The van der Waals surface area contributed by atoms with Gasteiger partial charge in [0.15, 0.2) is 5.69 Å². The first-order valence-electron chi connectivity index (χ1n) is 3.66. The monoisotopic (exact) mass is 201 g/mol. The molecule has 0 amide bonds. The molecule has 0 aliphatic rings. The number of esters is 1. The smallest absolute Gasteiger partial charge is 0.360 e. The van der Waals surface area contributed by atoms with Gasteiger partial charge in [-0.1, -0.05) is 11.6 Å². The molecule has 0 radical (unpaired) electrons. The van der Waals surface area contributed by atoms with Crippen molar-refractivity contribution in [3.63, 3.8) is 0 Å². The Labute approximate surface area is 80.1 Å². The van der Waals surface area contributed by atoms with Crippen LogP contribution in [0.1, 0.15) is 17.4 Å². The number of hydrogen-bond donors (Lipinski definition) is 1. The number of pyridine rings is 1. The minimum Gasteiger partial charge on any atom is -0.505 e. The van der Waals surface area contributed by atoms with Crippen LogP contribution in [0.5, 0.6) is 5.75 Å². The third kappa shape index (κ3) is 2.32. The second-order valence-corrected chi connectivity index (χ2v) is 2.68. The molecule has 1 aromatic rings. The Morgan fingerprint density at radius 3 is 3.00 bits per heavy atom. The molecule has 0 saturated carbocycles. The molecule has 70 valence electrons. The zero-order valence-electron chi connectivity index (χ0n) is 6.95. The van der Waals surface area contributed by atoms with Gasteiger partial charge in [0.2, 0.25) is 0 Å². The van der Waals surface area contributed by atoms with Gasteiger partial charge in [-0.25, -0.2) is 9.78 Å². The molecule has 1 aromatic heterocycles. The Morgan fingerprint density at radius 1 is 1.77 bits per heavy atom. The van der Waals surface area contributed by atoms with E-state index in [1.54, 1.807) is 6.92 Å². The summed E-state index contributed by atoms with van der Waals surface area (Å²) in [4.78, 5) is 14.7. The number of aromatic hydroxyl groups is 1. The summed E-state index contributed by atoms with van der Waals surface area (Å²) >= 11 is 5.52. The van der Waals surface area contributed by atoms with Gasteiger partial charge in [-0.15, -0.1) is 0 Å². The Bertz CT molecular complexity index is 327. The van der Waals surface area contributed by atoms with E-state index in [1.165, 1.54) is 12.3 Å². The first-order valence-corrected chi connectivity index (χ1v) is 4.04. The lowest BCUT2D eigenvalue weighted by Crippen LogP contribution is -2.06. The number of ether oxygens (including phenoxy) is 1. The molecule has 0 unspecified atom stereocenters. The summed E-state index contributed by atoms with van der Waals surface area (Å²) in [6.07, 6.45) is 1.27. The predicted octanol–water partition coefficient (Wildman–Crippen LogP) is 1.62. The van der Waals surface area contributed by atoms with Crippen molar-refractivity contribution in [1.29, 1.82) is 0 Å². The van der Waals surface area contributed by atoms with Gasteiger partial charge in [-0.3, -0.25) is 0 Å². The molecule has 0 saturated heterocycles. The van der Waals surface area contributed by atoms with Crippen molar-refractivity contribution in [2.75, 3.05) is 6.61 Å². The summed E-state index contributed by atoms with van der Waals surface area (Å²) in [7, 11) is 0. The lowest BCUT2D eigenvalue weighted by atomic mass is 10.3. The van der Waals surface area contributed by atoms with Gasteiger partial charge in [-0.05, 0) is 6.92 Å². The van der Waals surface area contributed by atoms with E-state index >= 15 is 0 Å². The van der Waals surface area contributed by atoms with Crippen molar-refractivity contribution in [3.05, 3.63) is 23.0 Å². The van der Waals surface area contributed by atoms with Crippen molar-refractivity contribution in [3.8, 4) is 5.75 Å². The molecule has 0 atom stereocenters. The van der Waals surface area contributed by atoms with Gasteiger partial charge in [0.05, 0.1) is 11.6 Å². The molecule has 1 rings (SSSR count). The summed E-state index contributed by atoms with van der Waals surface area (Å²) in [6, 6.07) is 1.24. The maximum Gasteiger partial charge on any atom is 0.360 e. The van der Waals surface area contributed by atoms with E-state index in [0.29, 0.717) is 0 Å². The van der Waals surface area contributed by atoms with Crippen LogP contribution in [0.4, 0.5) is 0 Å². The van der Waals surface area contributed by atoms with Crippen LogP contribution in [0.25, 0.3) is 0 Å². The standard InChI is InChI=1S/C8H8ClNO3/c1-2-13-8(12)7-6(11)3-5(9)4-10-7/h3-4,11H,2H2,1H3. The Balaban J connectivity index is 2.95. The molecule has 0 aliphatic carbocycles. The fourth-order valence-electron chi connectivity index (χ4n) is 0.785. The molecule has 1 N–H and O–H groups in total.